The van der Waals surface area contributed by atoms with E-state index in [4.69, 9.17) is 0 Å². The van der Waals surface area contributed by atoms with Gasteiger partial charge in [0, 0.05) is 6.04 Å². The van der Waals surface area contributed by atoms with Crippen LogP contribution < -0.4 is 5.32 Å². The monoisotopic (exact) mass is 253 g/mol. The highest BCUT2D eigenvalue weighted by molar-refractivity contribution is 4.83. The molecule has 0 amide bonds. The lowest BCUT2D eigenvalue weighted by Gasteiger charge is -2.35. The molecule has 0 aliphatic heterocycles. The van der Waals surface area contributed by atoms with Crippen LogP contribution in [0.4, 0.5) is 0 Å². The molecule has 18 heavy (non-hydrogen) atoms. The van der Waals surface area contributed by atoms with Crippen LogP contribution in [0.15, 0.2) is 0 Å². The fourth-order valence-corrected chi connectivity index (χ4v) is 3.21. The Hall–Kier alpha value is -0.0400. The minimum absolute atomic E-state index is 0.577. The summed E-state index contributed by atoms with van der Waals surface area (Å²) in [6, 6.07) is 0.796. The van der Waals surface area contributed by atoms with Crippen molar-refractivity contribution in [3.63, 3.8) is 0 Å². The summed E-state index contributed by atoms with van der Waals surface area (Å²) >= 11 is 0. The van der Waals surface area contributed by atoms with Gasteiger partial charge in [-0.1, -0.05) is 59.8 Å². The van der Waals surface area contributed by atoms with Crippen LogP contribution in [0.25, 0.3) is 0 Å². The maximum absolute atomic E-state index is 3.78. The van der Waals surface area contributed by atoms with Crippen LogP contribution in [0.1, 0.15) is 85.5 Å². The van der Waals surface area contributed by atoms with Crippen molar-refractivity contribution in [1.82, 2.24) is 5.32 Å². The summed E-state index contributed by atoms with van der Waals surface area (Å²) in [6.45, 7) is 10.7. The third kappa shape index (κ3) is 7.41. The highest BCUT2D eigenvalue weighted by Crippen LogP contribution is 2.34. The van der Waals surface area contributed by atoms with E-state index in [1.807, 2.05) is 0 Å². The molecule has 0 aromatic rings. The molecule has 0 heterocycles. The van der Waals surface area contributed by atoms with Gasteiger partial charge in [0.2, 0.25) is 0 Å². The van der Waals surface area contributed by atoms with E-state index in [-0.39, 0.29) is 0 Å². The van der Waals surface area contributed by atoms with Crippen LogP contribution >= 0.6 is 0 Å². The zero-order chi connectivity index (χ0) is 13.4. The Labute approximate surface area is 115 Å². The largest absolute Gasteiger partial charge is 0.314 e. The second-order valence-corrected chi connectivity index (χ2v) is 7.51. The summed E-state index contributed by atoms with van der Waals surface area (Å²) in [4.78, 5) is 0. The Morgan fingerprint density at radius 2 is 1.83 bits per heavy atom. The average molecular weight is 253 g/mol. The summed E-state index contributed by atoms with van der Waals surface area (Å²) in [7, 11) is 0. The fraction of sp³-hybridized carbons (Fsp3) is 1.00. The molecule has 1 unspecified atom stereocenters. The van der Waals surface area contributed by atoms with Crippen molar-refractivity contribution in [3.05, 3.63) is 0 Å². The van der Waals surface area contributed by atoms with Crippen LogP contribution in [-0.4, -0.2) is 12.6 Å². The molecular formula is C17H35N. The molecule has 0 aromatic heterocycles. The third-order valence-corrected chi connectivity index (χ3v) is 4.35. The molecule has 0 saturated heterocycles. The number of hydrogen-bond acceptors (Lipinski definition) is 1. The van der Waals surface area contributed by atoms with Crippen LogP contribution in [0.3, 0.4) is 0 Å². The zero-order valence-corrected chi connectivity index (χ0v) is 13.2. The van der Waals surface area contributed by atoms with E-state index >= 15 is 0 Å². The third-order valence-electron chi connectivity index (χ3n) is 4.35. The van der Waals surface area contributed by atoms with Crippen molar-refractivity contribution in [1.29, 1.82) is 0 Å². The van der Waals surface area contributed by atoms with Gasteiger partial charge in [-0.15, -0.1) is 0 Å². The lowest BCUT2D eigenvalue weighted by atomic mass is 9.75. The van der Waals surface area contributed by atoms with E-state index < -0.39 is 0 Å². The normalized spacial score (nSPS) is 23.5. The highest BCUT2D eigenvalue weighted by atomic mass is 14.9. The van der Waals surface area contributed by atoms with E-state index in [2.05, 4.69) is 33.0 Å². The van der Waals surface area contributed by atoms with E-state index in [0.29, 0.717) is 5.41 Å². The molecule has 1 rings (SSSR count). The van der Waals surface area contributed by atoms with Gasteiger partial charge in [0.1, 0.15) is 0 Å². The summed E-state index contributed by atoms with van der Waals surface area (Å²) in [5, 5.41) is 3.78. The summed E-state index contributed by atoms with van der Waals surface area (Å²) in [6.07, 6.45) is 12.6. The molecular weight excluding hydrogens is 218 g/mol. The lowest BCUT2D eigenvalue weighted by Crippen LogP contribution is -2.37. The van der Waals surface area contributed by atoms with Crippen LogP contribution in [0, 0.1) is 11.3 Å². The number of nitrogens with one attached hydrogen (secondary N) is 1. The first-order valence-electron chi connectivity index (χ1n) is 8.23. The molecule has 1 fully saturated rings. The number of unbranched alkanes of at least 4 members (excludes halogenated alkanes) is 3. The topological polar surface area (TPSA) is 12.0 Å². The molecule has 1 N–H and O–H groups in total. The van der Waals surface area contributed by atoms with Gasteiger partial charge >= 0.3 is 0 Å². The van der Waals surface area contributed by atoms with Gasteiger partial charge in [-0.2, -0.15) is 0 Å². The van der Waals surface area contributed by atoms with E-state index in [1.165, 1.54) is 64.3 Å². The van der Waals surface area contributed by atoms with E-state index in [1.54, 1.807) is 0 Å². The van der Waals surface area contributed by atoms with Gasteiger partial charge < -0.3 is 5.32 Å². The Kier molecular flexibility index (Phi) is 7.29. The molecule has 1 heteroatoms. The molecule has 1 nitrogen and oxygen atoms in total. The van der Waals surface area contributed by atoms with Gasteiger partial charge in [0.05, 0.1) is 0 Å². The molecule has 1 saturated carbocycles. The molecule has 0 spiro atoms. The van der Waals surface area contributed by atoms with Crippen molar-refractivity contribution in [2.45, 2.75) is 91.5 Å². The van der Waals surface area contributed by atoms with Gasteiger partial charge in [-0.3, -0.25) is 0 Å². The van der Waals surface area contributed by atoms with Crippen molar-refractivity contribution >= 4 is 0 Å². The van der Waals surface area contributed by atoms with Crippen molar-refractivity contribution in [3.8, 4) is 0 Å². The Morgan fingerprint density at radius 1 is 1.11 bits per heavy atom. The second kappa shape index (κ2) is 8.19. The lowest BCUT2D eigenvalue weighted by molar-refractivity contribution is 0.198. The van der Waals surface area contributed by atoms with Crippen LogP contribution in [0.5, 0.6) is 0 Å². The minimum atomic E-state index is 0.577. The number of rotatable bonds is 8. The molecule has 0 radical (unpaired) electrons. The standard InChI is InChI=1S/C17H35N/c1-15(2)10-7-5-6-8-13-18-16-11-9-12-17(3,4)14-16/h15-16,18H,5-14H2,1-4H3. The fourth-order valence-electron chi connectivity index (χ4n) is 3.21. The van der Waals surface area contributed by atoms with Crippen LogP contribution in [0.2, 0.25) is 0 Å². The first-order valence-corrected chi connectivity index (χ1v) is 8.23. The van der Waals surface area contributed by atoms with Crippen molar-refractivity contribution in [2.24, 2.45) is 11.3 Å². The predicted molar refractivity (Wildman–Crippen MR) is 82.0 cm³/mol. The van der Waals surface area contributed by atoms with Crippen molar-refractivity contribution < 1.29 is 0 Å². The Balaban J connectivity index is 1.94. The zero-order valence-electron chi connectivity index (χ0n) is 13.2. The smallest absolute Gasteiger partial charge is 0.00721 e. The van der Waals surface area contributed by atoms with Gasteiger partial charge in [-0.05, 0) is 43.6 Å². The minimum Gasteiger partial charge on any atom is -0.314 e. The van der Waals surface area contributed by atoms with E-state index in [0.717, 1.165) is 12.0 Å². The van der Waals surface area contributed by atoms with E-state index in [9.17, 15) is 0 Å². The molecule has 1 atom stereocenters. The SMILES string of the molecule is CC(C)CCCCCCNC1CCCC(C)(C)C1. The highest BCUT2D eigenvalue weighted by Gasteiger charge is 2.27. The number of hydrogen-bond donors (Lipinski definition) is 1. The quantitative estimate of drug-likeness (QED) is 0.590. The second-order valence-electron chi connectivity index (χ2n) is 7.51. The molecule has 1 aliphatic rings. The molecule has 0 bridgehead atoms. The van der Waals surface area contributed by atoms with Gasteiger partial charge in [0.25, 0.3) is 0 Å². The van der Waals surface area contributed by atoms with Crippen molar-refractivity contribution in [2.75, 3.05) is 6.54 Å². The van der Waals surface area contributed by atoms with Gasteiger partial charge in [0.15, 0.2) is 0 Å². The Bertz CT molecular complexity index is 208. The average Bonchev–Trinajstić information content (AvgIpc) is 2.26. The Morgan fingerprint density at radius 3 is 2.50 bits per heavy atom. The van der Waals surface area contributed by atoms with Gasteiger partial charge in [-0.25, -0.2) is 0 Å². The molecule has 1 aliphatic carbocycles. The predicted octanol–water partition coefficient (Wildman–Crippen LogP) is 5.15. The van der Waals surface area contributed by atoms with Crippen LogP contribution in [-0.2, 0) is 0 Å². The molecule has 108 valence electrons. The maximum atomic E-state index is 3.78. The summed E-state index contributed by atoms with van der Waals surface area (Å²) in [5.74, 6) is 0.882. The summed E-state index contributed by atoms with van der Waals surface area (Å²) < 4.78 is 0. The first-order chi connectivity index (χ1) is 8.49. The maximum Gasteiger partial charge on any atom is 0.00721 e. The molecule has 0 aromatic carbocycles. The first kappa shape index (κ1) is 16.0. The summed E-state index contributed by atoms with van der Waals surface area (Å²) in [5.41, 5.74) is 0.577.